The first kappa shape index (κ1) is 15.0. The second kappa shape index (κ2) is 7.38. The molecule has 1 amide bonds. The molecule has 0 aliphatic carbocycles. The largest absolute Gasteiger partial charge is 0.493 e. The van der Waals surface area contributed by atoms with E-state index in [9.17, 15) is 9.59 Å². The first-order chi connectivity index (χ1) is 9.10. The van der Waals surface area contributed by atoms with Gasteiger partial charge in [0.05, 0.1) is 18.8 Å². The number of carboxylic acids is 1. The third-order valence-electron chi connectivity index (χ3n) is 2.37. The quantitative estimate of drug-likeness (QED) is 0.767. The summed E-state index contributed by atoms with van der Waals surface area (Å²) in [6.07, 6.45) is 0. The highest BCUT2D eigenvalue weighted by Gasteiger charge is 2.22. The van der Waals surface area contributed by atoms with E-state index in [2.05, 4.69) is 5.32 Å². The number of carbonyl (C=O) groups is 2. The molecule has 0 aromatic heterocycles. The molecule has 0 saturated carbocycles. The zero-order valence-electron chi connectivity index (χ0n) is 10.9. The number of ether oxygens (including phenoxy) is 2. The van der Waals surface area contributed by atoms with Crippen molar-refractivity contribution in [2.24, 2.45) is 0 Å². The Morgan fingerprint density at radius 2 is 2.05 bits per heavy atom. The molecular weight excluding hydrogens is 250 g/mol. The minimum Gasteiger partial charge on any atom is -0.493 e. The molecule has 104 valence electrons. The van der Waals surface area contributed by atoms with Crippen molar-refractivity contribution in [2.45, 2.75) is 13.0 Å². The first-order valence-corrected chi connectivity index (χ1v) is 5.84. The standard InChI is InChI=1S/C13H17NO5/c1-3-19-11-7-5-4-6-9(11)12(15)14-10(8-18-2)13(16)17/h4-7,10H,3,8H2,1-2H3,(H,14,15)(H,16,17). The first-order valence-electron chi connectivity index (χ1n) is 5.84. The molecule has 19 heavy (non-hydrogen) atoms. The topological polar surface area (TPSA) is 84.9 Å². The number of hydrogen-bond acceptors (Lipinski definition) is 4. The maximum Gasteiger partial charge on any atom is 0.328 e. The lowest BCUT2D eigenvalue weighted by Gasteiger charge is -2.15. The average Bonchev–Trinajstić information content (AvgIpc) is 2.39. The van der Waals surface area contributed by atoms with Gasteiger partial charge in [-0.25, -0.2) is 4.79 Å². The van der Waals surface area contributed by atoms with Gasteiger partial charge >= 0.3 is 5.97 Å². The molecule has 1 rings (SSSR count). The van der Waals surface area contributed by atoms with Crippen LogP contribution in [0.4, 0.5) is 0 Å². The number of nitrogens with one attached hydrogen (secondary N) is 1. The van der Waals surface area contributed by atoms with E-state index in [4.69, 9.17) is 14.6 Å². The van der Waals surface area contributed by atoms with Crippen LogP contribution in [0.3, 0.4) is 0 Å². The molecule has 1 aromatic carbocycles. The highest BCUT2D eigenvalue weighted by molar-refractivity contribution is 5.98. The minimum absolute atomic E-state index is 0.0993. The second-order valence-electron chi connectivity index (χ2n) is 3.75. The summed E-state index contributed by atoms with van der Waals surface area (Å²) in [6.45, 7) is 2.13. The lowest BCUT2D eigenvalue weighted by molar-refractivity contribution is -0.140. The molecule has 0 spiro atoms. The molecule has 6 heteroatoms. The van der Waals surface area contributed by atoms with Gasteiger partial charge in [0, 0.05) is 7.11 Å². The summed E-state index contributed by atoms with van der Waals surface area (Å²) in [5.74, 6) is -1.23. The summed E-state index contributed by atoms with van der Waals surface area (Å²) in [5, 5.41) is 11.3. The van der Waals surface area contributed by atoms with Crippen molar-refractivity contribution >= 4 is 11.9 Å². The SMILES string of the molecule is CCOc1ccccc1C(=O)NC(COC)C(=O)O. The van der Waals surface area contributed by atoms with Crippen LogP contribution in [-0.2, 0) is 9.53 Å². The zero-order valence-corrected chi connectivity index (χ0v) is 10.9. The maximum atomic E-state index is 12.0. The fourth-order valence-electron chi connectivity index (χ4n) is 1.51. The van der Waals surface area contributed by atoms with E-state index in [1.165, 1.54) is 7.11 Å². The molecule has 0 heterocycles. The van der Waals surface area contributed by atoms with Gasteiger partial charge in [0.15, 0.2) is 6.04 Å². The molecule has 0 bridgehead atoms. The molecule has 0 aliphatic rings. The van der Waals surface area contributed by atoms with Crippen molar-refractivity contribution in [1.82, 2.24) is 5.32 Å². The number of rotatable bonds is 7. The van der Waals surface area contributed by atoms with E-state index in [1.807, 2.05) is 0 Å². The van der Waals surface area contributed by atoms with Crippen LogP contribution in [0.25, 0.3) is 0 Å². The molecule has 2 N–H and O–H groups in total. The monoisotopic (exact) mass is 267 g/mol. The van der Waals surface area contributed by atoms with E-state index in [-0.39, 0.29) is 6.61 Å². The van der Waals surface area contributed by atoms with Crippen LogP contribution in [0.5, 0.6) is 5.75 Å². The highest BCUT2D eigenvalue weighted by atomic mass is 16.5. The predicted molar refractivity (Wildman–Crippen MR) is 68.4 cm³/mol. The lowest BCUT2D eigenvalue weighted by atomic mass is 10.1. The third-order valence-corrected chi connectivity index (χ3v) is 2.37. The van der Waals surface area contributed by atoms with E-state index in [1.54, 1.807) is 31.2 Å². The Bertz CT molecular complexity index is 446. The van der Waals surface area contributed by atoms with Crippen molar-refractivity contribution in [1.29, 1.82) is 0 Å². The summed E-state index contributed by atoms with van der Waals surface area (Å²) >= 11 is 0. The molecule has 0 saturated heterocycles. The molecule has 0 aliphatic heterocycles. The summed E-state index contributed by atoms with van der Waals surface area (Å²) < 4.78 is 10.1. The van der Waals surface area contributed by atoms with Gasteiger partial charge in [-0.3, -0.25) is 4.79 Å². The molecule has 1 aromatic rings. The Morgan fingerprint density at radius 1 is 1.37 bits per heavy atom. The Labute approximate surface area is 111 Å². The minimum atomic E-state index is -1.15. The fraction of sp³-hybridized carbons (Fsp3) is 0.385. The Hall–Kier alpha value is -2.08. The number of carbonyl (C=O) groups excluding carboxylic acids is 1. The lowest BCUT2D eigenvalue weighted by Crippen LogP contribution is -2.43. The Morgan fingerprint density at radius 3 is 2.63 bits per heavy atom. The number of hydrogen-bond donors (Lipinski definition) is 2. The van der Waals surface area contributed by atoms with E-state index in [0.717, 1.165) is 0 Å². The Balaban J connectivity index is 2.84. The third kappa shape index (κ3) is 4.26. The molecule has 1 unspecified atom stereocenters. The van der Waals surface area contributed by atoms with E-state index >= 15 is 0 Å². The van der Waals surface area contributed by atoms with Gasteiger partial charge in [-0.2, -0.15) is 0 Å². The van der Waals surface area contributed by atoms with Crippen LogP contribution < -0.4 is 10.1 Å². The van der Waals surface area contributed by atoms with Crippen molar-refractivity contribution in [3.8, 4) is 5.75 Å². The fourth-order valence-corrected chi connectivity index (χ4v) is 1.51. The smallest absolute Gasteiger partial charge is 0.328 e. The van der Waals surface area contributed by atoms with Crippen molar-refractivity contribution in [2.75, 3.05) is 20.3 Å². The van der Waals surface area contributed by atoms with Crippen molar-refractivity contribution in [3.05, 3.63) is 29.8 Å². The van der Waals surface area contributed by atoms with E-state index < -0.39 is 17.9 Å². The molecular formula is C13H17NO5. The zero-order chi connectivity index (χ0) is 14.3. The molecule has 0 fully saturated rings. The number of carboxylic acid groups (broad SMARTS) is 1. The van der Waals surface area contributed by atoms with Crippen LogP contribution in [0, 0.1) is 0 Å². The van der Waals surface area contributed by atoms with Crippen LogP contribution >= 0.6 is 0 Å². The van der Waals surface area contributed by atoms with Crippen LogP contribution in [-0.4, -0.2) is 43.3 Å². The second-order valence-corrected chi connectivity index (χ2v) is 3.75. The van der Waals surface area contributed by atoms with Crippen LogP contribution in [0.1, 0.15) is 17.3 Å². The summed E-state index contributed by atoms with van der Waals surface area (Å²) in [6, 6.07) is 5.57. The van der Waals surface area contributed by atoms with Crippen molar-refractivity contribution in [3.63, 3.8) is 0 Å². The van der Waals surface area contributed by atoms with Gasteiger partial charge in [-0.15, -0.1) is 0 Å². The van der Waals surface area contributed by atoms with Crippen LogP contribution in [0.2, 0.25) is 0 Å². The van der Waals surface area contributed by atoms with Gasteiger partial charge in [0.25, 0.3) is 5.91 Å². The highest BCUT2D eigenvalue weighted by Crippen LogP contribution is 2.17. The number of methoxy groups -OCH3 is 1. The number of amides is 1. The molecule has 0 radical (unpaired) electrons. The predicted octanol–water partition coefficient (Wildman–Crippen LogP) is 0.915. The summed E-state index contributed by atoms with van der Waals surface area (Å²) in [5.41, 5.74) is 0.298. The normalized spacial score (nSPS) is 11.7. The van der Waals surface area contributed by atoms with Gasteiger partial charge in [0.2, 0.25) is 0 Å². The summed E-state index contributed by atoms with van der Waals surface area (Å²) in [4.78, 5) is 23.0. The van der Waals surface area contributed by atoms with Crippen molar-refractivity contribution < 1.29 is 24.2 Å². The number of benzene rings is 1. The summed E-state index contributed by atoms with van der Waals surface area (Å²) in [7, 11) is 1.37. The van der Waals surface area contributed by atoms with Gasteiger partial charge in [0.1, 0.15) is 5.75 Å². The van der Waals surface area contributed by atoms with Gasteiger partial charge < -0.3 is 19.9 Å². The molecule has 6 nitrogen and oxygen atoms in total. The van der Waals surface area contributed by atoms with E-state index in [0.29, 0.717) is 17.9 Å². The number of para-hydroxylation sites is 1. The average molecular weight is 267 g/mol. The Kier molecular flexibility index (Phi) is 5.81. The maximum absolute atomic E-state index is 12.0. The molecule has 1 atom stereocenters. The number of aliphatic carboxylic acids is 1. The van der Waals surface area contributed by atoms with Crippen LogP contribution in [0.15, 0.2) is 24.3 Å². The van der Waals surface area contributed by atoms with Gasteiger partial charge in [-0.1, -0.05) is 12.1 Å². The van der Waals surface area contributed by atoms with Gasteiger partial charge in [-0.05, 0) is 19.1 Å².